The number of hydrogen-bond acceptors (Lipinski definition) is 13. The smallest absolute Gasteiger partial charge is 0.338 e. The Hall–Kier alpha value is -3.40. The van der Waals surface area contributed by atoms with E-state index in [0.717, 1.165) is 6.26 Å². The molecule has 6 N–H and O–H groups in total. The molecular formula is C25H30O14. The van der Waals surface area contributed by atoms with Gasteiger partial charge < -0.3 is 59.1 Å². The molecule has 8 atom stereocenters. The van der Waals surface area contributed by atoms with Crippen LogP contribution in [-0.4, -0.2) is 107 Å². The third-order valence-electron chi connectivity index (χ3n) is 7.00. The number of benzene rings is 1. The number of phenols is 1. The van der Waals surface area contributed by atoms with Crippen LogP contribution in [0.3, 0.4) is 0 Å². The number of hydrogen-bond donors (Lipinski definition) is 6. The van der Waals surface area contributed by atoms with Crippen molar-refractivity contribution in [3.63, 3.8) is 0 Å². The van der Waals surface area contributed by atoms with Gasteiger partial charge in [-0.05, 0) is 24.1 Å². The molecule has 0 bridgehead atoms. The Bertz CT molecular complexity index is 1120. The molecule has 0 radical (unpaired) electrons. The molecule has 1 aromatic rings. The van der Waals surface area contributed by atoms with Crippen molar-refractivity contribution in [2.24, 2.45) is 11.8 Å². The summed E-state index contributed by atoms with van der Waals surface area (Å²) in [7, 11) is 2.52. The number of fused-ring (bicyclic) bond motifs is 1. The molecule has 1 saturated heterocycles. The molecule has 2 heterocycles. The number of allylic oxidation sites excluding steroid dienone is 1. The molecule has 14 heteroatoms. The highest BCUT2D eigenvalue weighted by Gasteiger charge is 2.51. The Morgan fingerprint density at radius 3 is 2.28 bits per heavy atom. The summed E-state index contributed by atoms with van der Waals surface area (Å²) in [6, 6.07) is 2.34. The number of phenolic OH excluding ortho intramolecular Hbond substituents is 1. The maximum atomic E-state index is 13.1. The van der Waals surface area contributed by atoms with Gasteiger partial charge in [0.15, 0.2) is 17.6 Å². The average molecular weight is 555 g/mol. The lowest BCUT2D eigenvalue weighted by Gasteiger charge is -2.44. The highest BCUT2D eigenvalue weighted by atomic mass is 16.8. The molecule has 0 aromatic heterocycles. The summed E-state index contributed by atoms with van der Waals surface area (Å²) in [5.41, 5.74) is 0.297. The van der Waals surface area contributed by atoms with Gasteiger partial charge in [-0.1, -0.05) is 6.08 Å². The fraction of sp³-hybridized carbons (Fsp3) is 0.520. The number of aliphatic carboxylic acids is 1. The minimum absolute atomic E-state index is 0.0222. The summed E-state index contributed by atoms with van der Waals surface area (Å²) in [5.74, 6) is -4.11. The minimum atomic E-state index is -1.79. The Morgan fingerprint density at radius 1 is 1.05 bits per heavy atom. The van der Waals surface area contributed by atoms with E-state index in [-0.39, 0.29) is 28.4 Å². The molecule has 0 spiro atoms. The van der Waals surface area contributed by atoms with Crippen LogP contribution in [0.25, 0.3) is 0 Å². The third kappa shape index (κ3) is 5.39. The van der Waals surface area contributed by atoms with E-state index >= 15 is 0 Å². The normalized spacial score (nSPS) is 31.8. The SMILES string of the molecule is COc1cc(C(=O)OC2C(OC3OC=C(C(=O)O)C4CC=C(CO)C34)OC(CO)C(O)C2O)cc(OC)c1O. The summed E-state index contributed by atoms with van der Waals surface area (Å²) < 4.78 is 32.7. The highest BCUT2D eigenvalue weighted by molar-refractivity contribution is 5.91. The van der Waals surface area contributed by atoms with E-state index in [4.69, 9.17) is 28.4 Å². The summed E-state index contributed by atoms with van der Waals surface area (Å²) in [5, 5.41) is 60.4. The second-order valence-electron chi connectivity index (χ2n) is 9.13. The lowest BCUT2D eigenvalue weighted by atomic mass is 9.83. The van der Waals surface area contributed by atoms with E-state index in [1.807, 2.05) is 0 Å². The van der Waals surface area contributed by atoms with E-state index in [9.17, 15) is 40.2 Å². The van der Waals surface area contributed by atoms with Gasteiger partial charge in [-0.25, -0.2) is 9.59 Å². The summed E-state index contributed by atoms with van der Waals surface area (Å²) >= 11 is 0. The molecule has 4 rings (SSSR count). The number of carbonyl (C=O) groups is 2. The molecule has 1 aromatic carbocycles. The van der Waals surface area contributed by atoms with E-state index in [2.05, 4.69) is 0 Å². The van der Waals surface area contributed by atoms with Gasteiger partial charge in [0.1, 0.15) is 18.3 Å². The topological polar surface area (TPSA) is 211 Å². The number of esters is 1. The molecule has 0 saturated carbocycles. The Balaban J connectivity index is 1.62. The zero-order valence-electron chi connectivity index (χ0n) is 21.0. The average Bonchev–Trinajstić information content (AvgIpc) is 3.37. The number of aromatic hydroxyl groups is 1. The van der Waals surface area contributed by atoms with Crippen LogP contribution in [0.15, 0.2) is 35.6 Å². The zero-order valence-corrected chi connectivity index (χ0v) is 21.0. The second kappa shape index (κ2) is 11.8. The molecule has 2 aliphatic heterocycles. The van der Waals surface area contributed by atoms with Crippen LogP contribution < -0.4 is 9.47 Å². The number of carboxylic acid groups (broad SMARTS) is 1. The fourth-order valence-corrected chi connectivity index (χ4v) is 4.94. The van der Waals surface area contributed by atoms with Gasteiger partial charge in [-0.15, -0.1) is 0 Å². The summed E-state index contributed by atoms with van der Waals surface area (Å²) in [6.45, 7) is -1.11. The number of carbonyl (C=O) groups excluding carboxylic acids is 1. The van der Waals surface area contributed by atoms with Crippen LogP contribution in [0, 0.1) is 11.8 Å². The van der Waals surface area contributed by atoms with E-state index < -0.39 is 74.0 Å². The van der Waals surface area contributed by atoms with Crippen LogP contribution in [0.5, 0.6) is 17.2 Å². The first kappa shape index (κ1) is 28.6. The lowest BCUT2D eigenvalue weighted by Crippen LogP contribution is -2.61. The van der Waals surface area contributed by atoms with E-state index in [1.165, 1.54) is 26.4 Å². The first-order valence-electron chi connectivity index (χ1n) is 12.0. The number of carboxylic acids is 1. The van der Waals surface area contributed by atoms with Gasteiger partial charge in [-0.3, -0.25) is 0 Å². The predicted molar refractivity (Wildman–Crippen MR) is 127 cm³/mol. The summed E-state index contributed by atoms with van der Waals surface area (Å²) in [6.07, 6.45) is -6.27. The first-order valence-corrected chi connectivity index (χ1v) is 12.0. The quantitative estimate of drug-likeness (QED) is 0.164. The van der Waals surface area contributed by atoms with Crippen molar-refractivity contribution in [2.75, 3.05) is 27.4 Å². The molecular weight excluding hydrogens is 524 g/mol. The number of methoxy groups -OCH3 is 2. The van der Waals surface area contributed by atoms with Crippen molar-refractivity contribution < 1.29 is 68.6 Å². The maximum absolute atomic E-state index is 13.1. The largest absolute Gasteiger partial charge is 0.502 e. The Morgan fingerprint density at radius 2 is 1.72 bits per heavy atom. The van der Waals surface area contributed by atoms with Crippen molar-refractivity contribution in [3.8, 4) is 17.2 Å². The number of rotatable bonds is 9. The zero-order chi connectivity index (χ0) is 28.4. The van der Waals surface area contributed by atoms with Crippen molar-refractivity contribution in [1.29, 1.82) is 0 Å². The molecule has 3 aliphatic rings. The third-order valence-corrected chi connectivity index (χ3v) is 7.00. The number of aliphatic hydroxyl groups is 4. The molecule has 214 valence electrons. The lowest BCUT2D eigenvalue weighted by molar-refractivity contribution is -0.338. The molecule has 0 amide bonds. The van der Waals surface area contributed by atoms with Crippen LogP contribution in [0.4, 0.5) is 0 Å². The molecule has 1 aliphatic carbocycles. The van der Waals surface area contributed by atoms with E-state index in [0.29, 0.717) is 12.0 Å². The van der Waals surface area contributed by atoms with Gasteiger partial charge in [0, 0.05) is 5.92 Å². The molecule has 14 nitrogen and oxygen atoms in total. The fourth-order valence-electron chi connectivity index (χ4n) is 4.94. The Labute approximate surface area is 222 Å². The van der Waals surface area contributed by atoms with Crippen LogP contribution in [-0.2, 0) is 23.7 Å². The van der Waals surface area contributed by atoms with Gasteiger partial charge >= 0.3 is 11.9 Å². The number of aliphatic hydroxyl groups excluding tert-OH is 4. The van der Waals surface area contributed by atoms with Gasteiger partial charge in [0.2, 0.25) is 18.3 Å². The Kier molecular flexibility index (Phi) is 8.64. The van der Waals surface area contributed by atoms with Crippen molar-refractivity contribution in [1.82, 2.24) is 0 Å². The van der Waals surface area contributed by atoms with Crippen LogP contribution >= 0.6 is 0 Å². The van der Waals surface area contributed by atoms with Crippen molar-refractivity contribution in [2.45, 2.75) is 43.4 Å². The van der Waals surface area contributed by atoms with Gasteiger partial charge in [0.25, 0.3) is 0 Å². The van der Waals surface area contributed by atoms with Gasteiger partial charge in [0.05, 0.1) is 50.7 Å². The summed E-state index contributed by atoms with van der Waals surface area (Å²) in [4.78, 5) is 24.8. The van der Waals surface area contributed by atoms with Crippen LogP contribution in [0.2, 0.25) is 0 Å². The van der Waals surface area contributed by atoms with Crippen molar-refractivity contribution >= 4 is 11.9 Å². The first-order chi connectivity index (χ1) is 18.6. The predicted octanol–water partition coefficient (Wildman–Crippen LogP) is -0.730. The highest BCUT2D eigenvalue weighted by Crippen LogP contribution is 2.44. The maximum Gasteiger partial charge on any atom is 0.338 e. The minimum Gasteiger partial charge on any atom is -0.502 e. The monoisotopic (exact) mass is 554 g/mol. The molecule has 1 fully saturated rings. The van der Waals surface area contributed by atoms with Crippen LogP contribution in [0.1, 0.15) is 16.8 Å². The van der Waals surface area contributed by atoms with E-state index in [1.54, 1.807) is 6.08 Å². The number of ether oxygens (including phenoxy) is 6. The molecule has 8 unspecified atom stereocenters. The van der Waals surface area contributed by atoms with Crippen molar-refractivity contribution in [3.05, 3.63) is 41.2 Å². The van der Waals surface area contributed by atoms with Gasteiger partial charge in [-0.2, -0.15) is 0 Å². The molecule has 39 heavy (non-hydrogen) atoms. The second-order valence-corrected chi connectivity index (χ2v) is 9.13. The standard InChI is InChI=1S/C25H30O14/c1-34-14-5-11(6-15(35-2)18(14)28)23(33)38-21-20(30)19(29)16(8-27)37-25(21)39-24-17-10(7-26)3-4-12(17)13(9-36-24)22(31)32/h3,5-6,9,12,16-17,19-21,24-30H,4,7-8H2,1-2H3,(H,31,32).